The topological polar surface area (TPSA) is 51.8 Å². The SMILES string of the molecule is Cc1cc(C)c(-c2csc(=NC[C@@H]3CCCO3)n2/N=C\c2ccccn2)cc1C. The summed E-state index contributed by atoms with van der Waals surface area (Å²) >= 11 is 1.61. The number of rotatable bonds is 5. The molecule has 0 N–H and O–H groups in total. The number of hydrogen-bond donors (Lipinski definition) is 0. The van der Waals surface area contributed by atoms with Gasteiger partial charge < -0.3 is 4.74 Å². The van der Waals surface area contributed by atoms with E-state index in [1.807, 2.05) is 22.9 Å². The second-order valence-corrected chi connectivity index (χ2v) is 8.28. The lowest BCUT2D eigenvalue weighted by Gasteiger charge is -2.10. The van der Waals surface area contributed by atoms with E-state index in [2.05, 4.69) is 43.3 Å². The molecule has 5 nitrogen and oxygen atoms in total. The minimum Gasteiger partial charge on any atom is -0.376 e. The van der Waals surface area contributed by atoms with Gasteiger partial charge in [-0.25, -0.2) is 4.68 Å². The van der Waals surface area contributed by atoms with Crippen molar-refractivity contribution >= 4 is 17.6 Å². The van der Waals surface area contributed by atoms with Gasteiger partial charge in [-0.05, 0) is 68.5 Å². The van der Waals surface area contributed by atoms with Gasteiger partial charge in [0.1, 0.15) is 0 Å². The number of aryl methyl sites for hydroxylation is 3. The van der Waals surface area contributed by atoms with Crippen molar-refractivity contribution in [1.82, 2.24) is 9.66 Å². The summed E-state index contributed by atoms with van der Waals surface area (Å²) in [6.45, 7) is 7.96. The Hall–Kier alpha value is -2.57. The number of ether oxygens (including phenoxy) is 1. The zero-order chi connectivity index (χ0) is 20.2. The molecule has 0 aliphatic carbocycles. The van der Waals surface area contributed by atoms with Crippen LogP contribution in [0.15, 0.2) is 52.0 Å². The van der Waals surface area contributed by atoms with Gasteiger partial charge in [-0.1, -0.05) is 12.1 Å². The molecule has 1 aromatic carbocycles. The zero-order valence-corrected chi connectivity index (χ0v) is 17.9. The molecule has 0 spiro atoms. The first-order valence-corrected chi connectivity index (χ1v) is 10.9. The van der Waals surface area contributed by atoms with Gasteiger partial charge in [0, 0.05) is 23.7 Å². The molecule has 0 unspecified atom stereocenters. The lowest BCUT2D eigenvalue weighted by Crippen LogP contribution is -2.17. The number of pyridine rings is 1. The zero-order valence-electron chi connectivity index (χ0n) is 17.1. The fourth-order valence-corrected chi connectivity index (χ4v) is 4.32. The monoisotopic (exact) mass is 406 g/mol. The average molecular weight is 407 g/mol. The van der Waals surface area contributed by atoms with Gasteiger partial charge in [0.2, 0.25) is 4.80 Å². The van der Waals surface area contributed by atoms with Crippen LogP contribution in [0.1, 0.15) is 35.2 Å². The highest BCUT2D eigenvalue weighted by molar-refractivity contribution is 7.07. The number of hydrogen-bond acceptors (Lipinski definition) is 5. The van der Waals surface area contributed by atoms with Crippen LogP contribution in [0.3, 0.4) is 0 Å². The molecule has 4 rings (SSSR count). The Morgan fingerprint density at radius 2 is 2.07 bits per heavy atom. The fraction of sp³-hybridized carbons (Fsp3) is 0.348. The first kappa shape index (κ1) is 19.7. The molecule has 1 fully saturated rings. The Kier molecular flexibility index (Phi) is 6.02. The van der Waals surface area contributed by atoms with E-state index in [9.17, 15) is 0 Å². The van der Waals surface area contributed by atoms with E-state index in [0.717, 1.165) is 35.6 Å². The molecule has 1 aliphatic rings. The first-order valence-electron chi connectivity index (χ1n) is 9.98. The second-order valence-electron chi connectivity index (χ2n) is 7.44. The number of benzene rings is 1. The van der Waals surface area contributed by atoms with Crippen LogP contribution >= 0.6 is 11.3 Å². The van der Waals surface area contributed by atoms with Crippen LogP contribution in [-0.2, 0) is 4.74 Å². The number of thiazole rings is 1. The van der Waals surface area contributed by atoms with Crippen molar-refractivity contribution in [2.24, 2.45) is 10.1 Å². The lowest BCUT2D eigenvalue weighted by molar-refractivity contribution is 0.117. The Balaban J connectivity index is 1.77. The van der Waals surface area contributed by atoms with E-state index in [0.29, 0.717) is 6.54 Å². The number of nitrogens with zero attached hydrogens (tertiary/aromatic N) is 4. The molecule has 1 atom stereocenters. The van der Waals surface area contributed by atoms with Gasteiger partial charge >= 0.3 is 0 Å². The van der Waals surface area contributed by atoms with Gasteiger partial charge in [0.05, 0.1) is 30.3 Å². The molecule has 3 heterocycles. The summed E-state index contributed by atoms with van der Waals surface area (Å²) < 4.78 is 7.67. The summed E-state index contributed by atoms with van der Waals surface area (Å²) in [5.74, 6) is 0. The van der Waals surface area contributed by atoms with E-state index in [1.54, 1.807) is 23.7 Å². The summed E-state index contributed by atoms with van der Waals surface area (Å²) in [5, 5.41) is 6.90. The summed E-state index contributed by atoms with van der Waals surface area (Å²) in [5.41, 5.74) is 6.86. The van der Waals surface area contributed by atoms with Crippen LogP contribution in [-0.4, -0.2) is 35.1 Å². The molecule has 1 saturated heterocycles. The van der Waals surface area contributed by atoms with Crippen molar-refractivity contribution in [1.29, 1.82) is 0 Å². The van der Waals surface area contributed by atoms with Gasteiger partial charge in [-0.2, -0.15) is 5.10 Å². The average Bonchev–Trinajstić information content (AvgIpc) is 3.38. The van der Waals surface area contributed by atoms with E-state index in [4.69, 9.17) is 14.8 Å². The minimum absolute atomic E-state index is 0.220. The minimum atomic E-state index is 0.220. The van der Waals surface area contributed by atoms with Crippen molar-refractivity contribution in [2.75, 3.05) is 13.2 Å². The predicted molar refractivity (Wildman–Crippen MR) is 119 cm³/mol. The fourth-order valence-electron chi connectivity index (χ4n) is 3.48. The quantitative estimate of drug-likeness (QED) is 0.586. The van der Waals surface area contributed by atoms with Crippen molar-refractivity contribution in [3.8, 4) is 11.3 Å². The van der Waals surface area contributed by atoms with Crippen LogP contribution in [0.5, 0.6) is 0 Å². The molecule has 150 valence electrons. The lowest BCUT2D eigenvalue weighted by atomic mass is 9.99. The largest absolute Gasteiger partial charge is 0.376 e. The molecule has 29 heavy (non-hydrogen) atoms. The normalized spacial score (nSPS) is 17.5. The third-order valence-corrected chi connectivity index (χ3v) is 6.10. The van der Waals surface area contributed by atoms with Crippen LogP contribution in [0.4, 0.5) is 0 Å². The standard InChI is InChI=1S/C23H26N4OS/c1-16-11-18(3)21(12-17(16)2)22-15-29-23(25-14-20-8-6-10-28-20)27(22)26-13-19-7-4-5-9-24-19/h4-5,7,9,11-13,15,20H,6,8,10,14H2,1-3H3/b25-23?,26-13-/t20-/m0/s1. The maximum atomic E-state index is 5.74. The predicted octanol–water partition coefficient (Wildman–Crippen LogP) is 4.50. The highest BCUT2D eigenvalue weighted by atomic mass is 32.1. The van der Waals surface area contributed by atoms with Crippen LogP contribution in [0, 0.1) is 20.8 Å². The molecule has 0 radical (unpaired) electrons. The highest BCUT2D eigenvalue weighted by Gasteiger charge is 2.16. The highest BCUT2D eigenvalue weighted by Crippen LogP contribution is 2.27. The molecule has 0 amide bonds. The molecule has 0 bridgehead atoms. The Bertz CT molecular complexity index is 1080. The summed E-state index contributed by atoms with van der Waals surface area (Å²) in [7, 11) is 0. The van der Waals surface area contributed by atoms with Crippen molar-refractivity contribution in [3.05, 3.63) is 69.1 Å². The Morgan fingerprint density at radius 3 is 2.83 bits per heavy atom. The molecule has 1 aliphatic heterocycles. The smallest absolute Gasteiger partial charge is 0.206 e. The third kappa shape index (κ3) is 4.54. The molecule has 3 aromatic rings. The van der Waals surface area contributed by atoms with Gasteiger partial charge in [0.25, 0.3) is 0 Å². The molecule has 2 aromatic heterocycles. The summed E-state index contributed by atoms with van der Waals surface area (Å²) in [6.07, 6.45) is 5.98. The maximum Gasteiger partial charge on any atom is 0.206 e. The van der Waals surface area contributed by atoms with Crippen molar-refractivity contribution < 1.29 is 4.74 Å². The summed E-state index contributed by atoms with van der Waals surface area (Å²) in [6, 6.07) is 10.3. The second kappa shape index (κ2) is 8.84. The Morgan fingerprint density at radius 1 is 1.21 bits per heavy atom. The number of aromatic nitrogens is 2. The third-order valence-electron chi connectivity index (χ3n) is 5.25. The van der Waals surface area contributed by atoms with E-state index in [1.165, 1.54) is 22.3 Å². The maximum absolute atomic E-state index is 5.74. The van der Waals surface area contributed by atoms with E-state index >= 15 is 0 Å². The van der Waals surface area contributed by atoms with Crippen molar-refractivity contribution in [3.63, 3.8) is 0 Å². The van der Waals surface area contributed by atoms with Crippen LogP contribution in [0.2, 0.25) is 0 Å². The van der Waals surface area contributed by atoms with Gasteiger partial charge in [-0.3, -0.25) is 9.98 Å². The van der Waals surface area contributed by atoms with E-state index in [-0.39, 0.29) is 6.10 Å². The van der Waals surface area contributed by atoms with Gasteiger partial charge in [-0.15, -0.1) is 11.3 Å². The van der Waals surface area contributed by atoms with Crippen LogP contribution < -0.4 is 4.80 Å². The van der Waals surface area contributed by atoms with Gasteiger partial charge in [0.15, 0.2) is 0 Å². The molecular weight excluding hydrogens is 380 g/mol. The van der Waals surface area contributed by atoms with E-state index < -0.39 is 0 Å². The van der Waals surface area contributed by atoms with Crippen LogP contribution in [0.25, 0.3) is 11.3 Å². The first-order chi connectivity index (χ1) is 14.1. The molecule has 6 heteroatoms. The summed E-state index contributed by atoms with van der Waals surface area (Å²) in [4.78, 5) is 10.1. The molecule has 0 saturated carbocycles. The van der Waals surface area contributed by atoms with Crippen molar-refractivity contribution in [2.45, 2.75) is 39.7 Å². The molecular formula is C23H26N4OS. The Labute approximate surface area is 175 Å².